The van der Waals surface area contributed by atoms with Crippen molar-refractivity contribution in [2.75, 3.05) is 4.90 Å². The third kappa shape index (κ3) is 2.91. The Morgan fingerprint density at radius 2 is 1.57 bits per heavy atom. The Morgan fingerprint density at radius 3 is 2.21 bits per heavy atom. The van der Waals surface area contributed by atoms with Crippen molar-refractivity contribution in [3.05, 3.63) is 58.5 Å². The van der Waals surface area contributed by atoms with Crippen LogP contribution in [0.4, 0.5) is 17.1 Å². The molecule has 0 saturated carbocycles. The van der Waals surface area contributed by atoms with Crippen molar-refractivity contribution >= 4 is 17.1 Å². The summed E-state index contributed by atoms with van der Waals surface area (Å²) in [5.74, 6) is 1.30. The van der Waals surface area contributed by atoms with Gasteiger partial charge in [-0.15, -0.1) is 0 Å². The van der Waals surface area contributed by atoms with E-state index in [1.807, 2.05) is 20.0 Å². The topological polar surface area (TPSA) is 51.1 Å². The highest BCUT2D eigenvalue weighted by atomic mass is 16.5. The number of hydrogen-bond acceptors (Lipinski definition) is 5. The first-order valence-corrected chi connectivity index (χ1v) is 9.55. The summed E-state index contributed by atoms with van der Waals surface area (Å²) in [5.41, 5.74) is 8.61. The lowest BCUT2D eigenvalue weighted by atomic mass is 9.84. The number of fused-ring (bicyclic) bond motifs is 2. The van der Waals surface area contributed by atoms with Gasteiger partial charge in [-0.2, -0.15) is 10.2 Å². The van der Waals surface area contributed by atoms with Crippen LogP contribution in [0.2, 0.25) is 0 Å². The molecule has 0 bridgehead atoms. The predicted molar refractivity (Wildman–Crippen MR) is 112 cm³/mol. The van der Waals surface area contributed by atoms with Crippen LogP contribution in [-0.2, 0) is 5.41 Å². The third-order valence-electron chi connectivity index (χ3n) is 5.18. The van der Waals surface area contributed by atoms with E-state index in [4.69, 9.17) is 4.74 Å². The summed E-state index contributed by atoms with van der Waals surface area (Å²) >= 11 is 0. The largest absolute Gasteiger partial charge is 0.433 e. The Kier molecular flexibility index (Phi) is 4.14. The van der Waals surface area contributed by atoms with E-state index in [1.54, 1.807) is 6.20 Å². The van der Waals surface area contributed by atoms with Crippen LogP contribution in [0, 0.1) is 27.7 Å². The van der Waals surface area contributed by atoms with Gasteiger partial charge in [0.15, 0.2) is 5.75 Å². The molecule has 4 rings (SSSR count). The summed E-state index contributed by atoms with van der Waals surface area (Å²) < 4.78 is 6.12. The van der Waals surface area contributed by atoms with Crippen LogP contribution >= 0.6 is 0 Å². The zero-order valence-corrected chi connectivity index (χ0v) is 17.6. The number of ether oxygens (including phenoxy) is 1. The van der Waals surface area contributed by atoms with Gasteiger partial charge in [0.2, 0.25) is 5.88 Å². The molecule has 3 heterocycles. The quantitative estimate of drug-likeness (QED) is 0.410. The third-order valence-corrected chi connectivity index (χ3v) is 5.18. The summed E-state index contributed by atoms with van der Waals surface area (Å²) in [6.07, 6.45) is 3.60. The second-order valence-corrected chi connectivity index (χ2v) is 8.63. The molecule has 144 valence electrons. The molecule has 28 heavy (non-hydrogen) atoms. The number of aromatic nitrogens is 3. The maximum Gasteiger partial charge on any atom is 0.243 e. The molecular formula is C23H26N4O. The number of hydrogen-bond donors (Lipinski definition) is 0. The smallest absolute Gasteiger partial charge is 0.243 e. The molecule has 5 heteroatoms. The molecule has 1 aromatic carbocycles. The summed E-state index contributed by atoms with van der Waals surface area (Å²) in [6.45, 7) is 15.0. The van der Waals surface area contributed by atoms with Crippen LogP contribution in [0.25, 0.3) is 0 Å². The zero-order chi connectivity index (χ0) is 20.2. The standard InChI is InChI=1S/C23H26N4O/c1-13-8-18-22(24-11-13)28-21-16(4)26-25-12-19(21)27(18)20-14(2)9-17(10-15(20)3)23(5,6)7/h8-12H,1-7H3. The molecule has 1 aliphatic heterocycles. The van der Waals surface area contributed by atoms with Crippen LogP contribution in [0.3, 0.4) is 0 Å². The fourth-order valence-corrected chi connectivity index (χ4v) is 3.73. The molecule has 0 saturated heterocycles. The van der Waals surface area contributed by atoms with Crippen molar-refractivity contribution in [3.63, 3.8) is 0 Å². The lowest BCUT2D eigenvalue weighted by Crippen LogP contribution is -2.21. The highest BCUT2D eigenvalue weighted by Crippen LogP contribution is 2.51. The van der Waals surface area contributed by atoms with E-state index in [2.05, 4.69) is 72.9 Å². The predicted octanol–water partition coefficient (Wildman–Crippen LogP) is 5.98. The van der Waals surface area contributed by atoms with E-state index in [0.717, 1.165) is 28.3 Å². The molecule has 3 aromatic rings. The highest BCUT2D eigenvalue weighted by molar-refractivity contribution is 5.87. The first-order chi connectivity index (χ1) is 13.2. The van der Waals surface area contributed by atoms with Crippen molar-refractivity contribution in [1.82, 2.24) is 15.2 Å². The molecule has 0 fully saturated rings. The van der Waals surface area contributed by atoms with Gasteiger partial charge in [-0.25, -0.2) is 4.98 Å². The number of anilines is 3. The Bertz CT molecular complexity index is 1060. The Balaban J connectivity index is 2.01. The van der Waals surface area contributed by atoms with Gasteiger partial charge in [-0.3, -0.25) is 0 Å². The van der Waals surface area contributed by atoms with E-state index >= 15 is 0 Å². The summed E-state index contributed by atoms with van der Waals surface area (Å²) in [6, 6.07) is 6.67. The molecule has 0 atom stereocenters. The van der Waals surface area contributed by atoms with Crippen molar-refractivity contribution in [3.8, 4) is 11.6 Å². The summed E-state index contributed by atoms with van der Waals surface area (Å²) in [5, 5.41) is 8.37. The van der Waals surface area contributed by atoms with Gasteiger partial charge in [0.25, 0.3) is 0 Å². The Morgan fingerprint density at radius 1 is 0.893 bits per heavy atom. The molecule has 0 amide bonds. The van der Waals surface area contributed by atoms with Gasteiger partial charge >= 0.3 is 0 Å². The van der Waals surface area contributed by atoms with Crippen molar-refractivity contribution < 1.29 is 4.74 Å². The Hall–Kier alpha value is -2.95. The van der Waals surface area contributed by atoms with Gasteiger partial charge in [0, 0.05) is 6.20 Å². The fraction of sp³-hybridized carbons (Fsp3) is 0.348. The second kappa shape index (κ2) is 6.30. The maximum atomic E-state index is 6.12. The first-order valence-electron chi connectivity index (χ1n) is 9.55. The van der Waals surface area contributed by atoms with Crippen molar-refractivity contribution in [1.29, 1.82) is 0 Å². The minimum atomic E-state index is 0.0923. The number of aryl methyl sites for hydroxylation is 4. The van der Waals surface area contributed by atoms with Crippen LogP contribution in [0.15, 0.2) is 30.6 Å². The average molecular weight is 374 g/mol. The maximum absolute atomic E-state index is 6.12. The minimum absolute atomic E-state index is 0.0923. The van der Waals surface area contributed by atoms with Crippen molar-refractivity contribution in [2.45, 2.75) is 53.9 Å². The number of rotatable bonds is 1. The number of benzene rings is 1. The molecule has 0 spiro atoms. The molecule has 0 radical (unpaired) electrons. The number of nitrogens with zero attached hydrogens (tertiary/aromatic N) is 4. The van der Waals surface area contributed by atoms with E-state index < -0.39 is 0 Å². The van der Waals surface area contributed by atoms with E-state index in [0.29, 0.717) is 11.6 Å². The van der Waals surface area contributed by atoms with Gasteiger partial charge in [0.05, 0.1) is 11.9 Å². The van der Waals surface area contributed by atoms with Crippen LogP contribution in [0.1, 0.15) is 48.7 Å². The molecule has 0 aliphatic carbocycles. The molecule has 1 aliphatic rings. The van der Waals surface area contributed by atoms with Crippen LogP contribution < -0.4 is 9.64 Å². The SMILES string of the molecule is Cc1cnc2c(c1)N(c1c(C)cc(C(C)(C)C)cc1C)c1cnnc(C)c1O2. The van der Waals surface area contributed by atoms with E-state index in [1.165, 1.54) is 16.7 Å². The van der Waals surface area contributed by atoms with Gasteiger partial charge in [-0.1, -0.05) is 32.9 Å². The summed E-state index contributed by atoms with van der Waals surface area (Å²) in [7, 11) is 0. The fourth-order valence-electron chi connectivity index (χ4n) is 3.73. The highest BCUT2D eigenvalue weighted by Gasteiger charge is 2.31. The van der Waals surface area contributed by atoms with Crippen molar-refractivity contribution in [2.24, 2.45) is 0 Å². The monoisotopic (exact) mass is 374 g/mol. The molecule has 0 N–H and O–H groups in total. The first kappa shape index (κ1) is 18.4. The lowest BCUT2D eigenvalue weighted by Gasteiger charge is -2.35. The van der Waals surface area contributed by atoms with E-state index in [-0.39, 0.29) is 5.41 Å². The normalized spacial score (nSPS) is 13.0. The molecule has 5 nitrogen and oxygen atoms in total. The zero-order valence-electron chi connectivity index (χ0n) is 17.6. The average Bonchev–Trinajstić information content (AvgIpc) is 2.60. The minimum Gasteiger partial charge on any atom is -0.433 e. The number of pyridine rings is 1. The second-order valence-electron chi connectivity index (χ2n) is 8.63. The Labute approximate surface area is 166 Å². The van der Waals surface area contributed by atoms with Gasteiger partial charge in [-0.05, 0) is 61.4 Å². The summed E-state index contributed by atoms with van der Waals surface area (Å²) in [4.78, 5) is 6.75. The molecule has 0 unspecified atom stereocenters. The van der Waals surface area contributed by atoms with Gasteiger partial charge < -0.3 is 9.64 Å². The van der Waals surface area contributed by atoms with Crippen LogP contribution in [-0.4, -0.2) is 15.2 Å². The van der Waals surface area contributed by atoms with Gasteiger partial charge in [0.1, 0.15) is 17.1 Å². The van der Waals surface area contributed by atoms with Crippen LogP contribution in [0.5, 0.6) is 11.6 Å². The van der Waals surface area contributed by atoms with E-state index in [9.17, 15) is 0 Å². The molecule has 2 aromatic heterocycles. The lowest BCUT2D eigenvalue weighted by molar-refractivity contribution is 0.448. The molecular weight excluding hydrogens is 348 g/mol.